The molecule has 0 aliphatic heterocycles. The lowest BCUT2D eigenvalue weighted by Gasteiger charge is -2.13. The molecule has 0 aliphatic rings. The Morgan fingerprint density at radius 2 is 1.67 bits per heavy atom. The van der Waals surface area contributed by atoms with Crippen LogP contribution in [-0.2, 0) is 0 Å². The minimum absolute atomic E-state index is 0.112. The maximum Gasteiger partial charge on any atom is 0.133 e. The van der Waals surface area contributed by atoms with Gasteiger partial charge >= 0.3 is 0 Å². The number of hydrogen-bond acceptors (Lipinski definition) is 2. The molecular formula is C14H13F2NO. The summed E-state index contributed by atoms with van der Waals surface area (Å²) in [5.74, 6) is -0.746. The van der Waals surface area contributed by atoms with E-state index in [2.05, 4.69) is 0 Å². The van der Waals surface area contributed by atoms with E-state index in [9.17, 15) is 8.78 Å². The second-order valence-electron chi connectivity index (χ2n) is 4.03. The Morgan fingerprint density at radius 1 is 1.06 bits per heavy atom. The molecule has 0 spiro atoms. The van der Waals surface area contributed by atoms with Crippen LogP contribution in [0.15, 0.2) is 42.5 Å². The average Bonchev–Trinajstić information content (AvgIpc) is 2.27. The van der Waals surface area contributed by atoms with Crippen molar-refractivity contribution in [2.45, 2.75) is 13.0 Å². The molecule has 2 rings (SSSR count). The van der Waals surface area contributed by atoms with Crippen LogP contribution in [0.2, 0.25) is 0 Å². The lowest BCUT2D eigenvalue weighted by atomic mass is 10.1. The summed E-state index contributed by atoms with van der Waals surface area (Å²) in [4.78, 5) is 0. The molecule has 0 heterocycles. The van der Waals surface area contributed by atoms with Crippen molar-refractivity contribution >= 4 is 0 Å². The van der Waals surface area contributed by atoms with Gasteiger partial charge in [0.2, 0.25) is 0 Å². The van der Waals surface area contributed by atoms with E-state index < -0.39 is 11.6 Å². The lowest BCUT2D eigenvalue weighted by Crippen LogP contribution is -2.06. The van der Waals surface area contributed by atoms with Gasteiger partial charge in [0, 0.05) is 29.8 Å². The van der Waals surface area contributed by atoms with Crippen LogP contribution in [0.5, 0.6) is 11.5 Å². The Labute approximate surface area is 104 Å². The van der Waals surface area contributed by atoms with Crippen molar-refractivity contribution < 1.29 is 13.5 Å². The molecular weight excluding hydrogens is 236 g/mol. The van der Waals surface area contributed by atoms with Crippen LogP contribution < -0.4 is 10.5 Å². The number of ether oxygens (including phenoxy) is 1. The molecule has 0 amide bonds. The quantitative estimate of drug-likeness (QED) is 0.898. The van der Waals surface area contributed by atoms with Crippen LogP contribution in [0, 0.1) is 11.6 Å². The summed E-state index contributed by atoms with van der Waals surface area (Å²) in [5.41, 5.74) is 6.58. The Hall–Kier alpha value is -1.94. The average molecular weight is 249 g/mol. The Kier molecular flexibility index (Phi) is 3.58. The Balaban J connectivity index is 2.34. The fourth-order valence-corrected chi connectivity index (χ4v) is 1.66. The fraction of sp³-hybridized carbons (Fsp3) is 0.143. The molecule has 0 aromatic heterocycles. The van der Waals surface area contributed by atoms with Gasteiger partial charge in [0.15, 0.2) is 0 Å². The number of rotatable bonds is 3. The third-order valence-electron chi connectivity index (χ3n) is 2.47. The van der Waals surface area contributed by atoms with Gasteiger partial charge in [-0.15, -0.1) is 0 Å². The largest absolute Gasteiger partial charge is 0.457 e. The molecule has 2 aromatic rings. The van der Waals surface area contributed by atoms with Crippen LogP contribution in [0.1, 0.15) is 18.5 Å². The molecule has 0 saturated carbocycles. The van der Waals surface area contributed by atoms with Gasteiger partial charge in [-0.3, -0.25) is 0 Å². The number of hydrogen-bond donors (Lipinski definition) is 1. The zero-order valence-corrected chi connectivity index (χ0v) is 9.86. The summed E-state index contributed by atoms with van der Waals surface area (Å²) in [6, 6.07) is 9.96. The Morgan fingerprint density at radius 3 is 2.28 bits per heavy atom. The van der Waals surface area contributed by atoms with Gasteiger partial charge in [0.05, 0.1) is 0 Å². The third-order valence-corrected chi connectivity index (χ3v) is 2.47. The molecule has 0 bridgehead atoms. The molecule has 2 N–H and O–H groups in total. The molecule has 0 saturated heterocycles. The second kappa shape index (κ2) is 5.14. The molecule has 0 fully saturated rings. The van der Waals surface area contributed by atoms with E-state index in [1.807, 2.05) is 19.1 Å². The molecule has 18 heavy (non-hydrogen) atoms. The summed E-state index contributed by atoms with van der Waals surface area (Å²) in [6.07, 6.45) is 0. The SMILES string of the molecule is C[C@@H](N)c1ccccc1Oc1cc(F)cc(F)c1. The van der Waals surface area contributed by atoms with E-state index in [4.69, 9.17) is 10.5 Å². The first-order valence-corrected chi connectivity index (χ1v) is 5.54. The highest BCUT2D eigenvalue weighted by molar-refractivity contribution is 5.39. The summed E-state index contributed by atoms with van der Waals surface area (Å²) in [6.45, 7) is 1.81. The van der Waals surface area contributed by atoms with Gasteiger partial charge in [-0.25, -0.2) is 8.78 Å². The van der Waals surface area contributed by atoms with E-state index in [0.29, 0.717) is 5.75 Å². The lowest BCUT2D eigenvalue weighted by molar-refractivity contribution is 0.459. The maximum absolute atomic E-state index is 13.0. The highest BCUT2D eigenvalue weighted by atomic mass is 19.1. The smallest absolute Gasteiger partial charge is 0.133 e. The fourth-order valence-electron chi connectivity index (χ4n) is 1.66. The van der Waals surface area contributed by atoms with E-state index in [0.717, 1.165) is 23.8 Å². The van der Waals surface area contributed by atoms with Crippen molar-refractivity contribution in [3.63, 3.8) is 0 Å². The van der Waals surface area contributed by atoms with E-state index in [-0.39, 0.29) is 11.8 Å². The predicted octanol–water partition coefficient (Wildman–Crippen LogP) is 3.78. The Bertz CT molecular complexity index is 535. The molecule has 0 unspecified atom stereocenters. The molecule has 0 aliphatic carbocycles. The van der Waals surface area contributed by atoms with Crippen molar-refractivity contribution in [3.05, 3.63) is 59.7 Å². The summed E-state index contributed by atoms with van der Waals surface area (Å²) in [7, 11) is 0. The highest BCUT2D eigenvalue weighted by Gasteiger charge is 2.09. The highest BCUT2D eigenvalue weighted by Crippen LogP contribution is 2.29. The van der Waals surface area contributed by atoms with Gasteiger partial charge in [-0.2, -0.15) is 0 Å². The van der Waals surface area contributed by atoms with Crippen LogP contribution >= 0.6 is 0 Å². The van der Waals surface area contributed by atoms with Gasteiger partial charge in [-0.05, 0) is 13.0 Å². The number of nitrogens with two attached hydrogens (primary N) is 1. The summed E-state index contributed by atoms with van der Waals surface area (Å²) in [5, 5.41) is 0. The summed E-state index contributed by atoms with van der Waals surface area (Å²) < 4.78 is 31.6. The minimum atomic E-state index is -0.678. The molecule has 94 valence electrons. The van der Waals surface area contributed by atoms with Crippen molar-refractivity contribution in [2.24, 2.45) is 5.73 Å². The zero-order valence-electron chi connectivity index (χ0n) is 9.86. The number of benzene rings is 2. The van der Waals surface area contributed by atoms with Gasteiger partial charge in [0.1, 0.15) is 23.1 Å². The topological polar surface area (TPSA) is 35.2 Å². The number of para-hydroxylation sites is 1. The summed E-state index contributed by atoms with van der Waals surface area (Å²) >= 11 is 0. The first kappa shape index (κ1) is 12.5. The van der Waals surface area contributed by atoms with E-state index in [1.54, 1.807) is 12.1 Å². The molecule has 1 atom stereocenters. The van der Waals surface area contributed by atoms with Crippen LogP contribution in [0.3, 0.4) is 0 Å². The van der Waals surface area contributed by atoms with Crippen molar-refractivity contribution in [1.82, 2.24) is 0 Å². The van der Waals surface area contributed by atoms with Crippen LogP contribution in [0.25, 0.3) is 0 Å². The molecule has 2 nitrogen and oxygen atoms in total. The van der Waals surface area contributed by atoms with Gasteiger partial charge in [0.25, 0.3) is 0 Å². The first-order chi connectivity index (χ1) is 8.56. The van der Waals surface area contributed by atoms with Gasteiger partial charge in [-0.1, -0.05) is 18.2 Å². The van der Waals surface area contributed by atoms with Gasteiger partial charge < -0.3 is 10.5 Å². The molecule has 2 aromatic carbocycles. The maximum atomic E-state index is 13.0. The monoisotopic (exact) mass is 249 g/mol. The minimum Gasteiger partial charge on any atom is -0.457 e. The predicted molar refractivity (Wildman–Crippen MR) is 65.5 cm³/mol. The second-order valence-corrected chi connectivity index (χ2v) is 4.03. The van der Waals surface area contributed by atoms with Crippen molar-refractivity contribution in [1.29, 1.82) is 0 Å². The van der Waals surface area contributed by atoms with Crippen LogP contribution in [0.4, 0.5) is 8.78 Å². The normalized spacial score (nSPS) is 12.2. The first-order valence-electron chi connectivity index (χ1n) is 5.54. The third kappa shape index (κ3) is 2.84. The van der Waals surface area contributed by atoms with E-state index >= 15 is 0 Å². The van der Waals surface area contributed by atoms with E-state index in [1.165, 1.54) is 0 Å². The van der Waals surface area contributed by atoms with Crippen molar-refractivity contribution in [2.75, 3.05) is 0 Å². The molecule has 0 radical (unpaired) electrons. The van der Waals surface area contributed by atoms with Crippen LogP contribution in [-0.4, -0.2) is 0 Å². The number of halogens is 2. The molecule has 4 heteroatoms. The van der Waals surface area contributed by atoms with Crippen molar-refractivity contribution in [3.8, 4) is 11.5 Å². The standard InChI is InChI=1S/C14H13F2NO/c1-9(17)13-4-2-3-5-14(13)18-12-7-10(15)6-11(16)8-12/h2-9H,17H2,1H3/t9-/m1/s1. The zero-order chi connectivity index (χ0) is 13.1.